The molecule has 1 aliphatic rings. The van der Waals surface area contributed by atoms with Crippen LogP contribution in [-0.2, 0) is 21.1 Å². The van der Waals surface area contributed by atoms with Gasteiger partial charge in [-0.25, -0.2) is 8.42 Å². The maximum atomic E-state index is 12.4. The second-order valence-corrected chi connectivity index (χ2v) is 8.01. The number of fused-ring (bicyclic) bond motifs is 1. The zero-order valence-corrected chi connectivity index (χ0v) is 14.3. The summed E-state index contributed by atoms with van der Waals surface area (Å²) in [6.07, 6.45) is 1.20. The Hall–Kier alpha value is -2.34. The predicted octanol–water partition coefficient (Wildman–Crippen LogP) is 2.27. The number of para-hydroxylation sites is 1. The van der Waals surface area contributed by atoms with Crippen LogP contribution in [0.15, 0.2) is 53.4 Å². The molecule has 0 bridgehead atoms. The number of carbonyl (C=O) groups is 1. The molecule has 0 saturated heterocycles. The van der Waals surface area contributed by atoms with Crippen molar-refractivity contribution in [2.24, 2.45) is 0 Å². The highest BCUT2D eigenvalue weighted by Crippen LogP contribution is 2.28. The van der Waals surface area contributed by atoms with Crippen molar-refractivity contribution in [1.82, 2.24) is 5.32 Å². The zero-order valence-electron chi connectivity index (χ0n) is 13.5. The van der Waals surface area contributed by atoms with Crippen molar-refractivity contribution in [2.75, 3.05) is 6.26 Å². The van der Waals surface area contributed by atoms with Gasteiger partial charge in [0, 0.05) is 12.7 Å². The molecule has 0 aromatic heterocycles. The van der Waals surface area contributed by atoms with Gasteiger partial charge in [0.15, 0.2) is 15.9 Å². The number of hydrogen-bond donors (Lipinski definition) is 1. The van der Waals surface area contributed by atoms with Crippen LogP contribution in [-0.4, -0.2) is 26.7 Å². The molecule has 0 unspecified atom stereocenters. The van der Waals surface area contributed by atoms with E-state index in [0.717, 1.165) is 16.9 Å². The van der Waals surface area contributed by atoms with Crippen LogP contribution in [0.2, 0.25) is 0 Å². The van der Waals surface area contributed by atoms with Crippen molar-refractivity contribution in [1.29, 1.82) is 0 Å². The van der Waals surface area contributed by atoms with Crippen LogP contribution in [0.3, 0.4) is 0 Å². The summed E-state index contributed by atoms with van der Waals surface area (Å²) in [5, 5.41) is 2.92. The van der Waals surface area contributed by atoms with Crippen molar-refractivity contribution < 1.29 is 17.9 Å². The molecule has 0 saturated carbocycles. The molecule has 5 nitrogen and oxygen atoms in total. The normalized spacial score (nSPS) is 17.7. The maximum Gasteiger partial charge on any atom is 0.261 e. The van der Waals surface area contributed by atoms with Crippen LogP contribution < -0.4 is 10.1 Å². The van der Waals surface area contributed by atoms with Gasteiger partial charge in [0.2, 0.25) is 0 Å². The van der Waals surface area contributed by atoms with Crippen molar-refractivity contribution in [3.8, 4) is 5.75 Å². The SMILES string of the molecule is C[C@@H](NC(=O)[C@H]1Cc2ccccc2O1)c1ccc(S(C)(=O)=O)cc1. The van der Waals surface area contributed by atoms with Gasteiger partial charge < -0.3 is 10.1 Å². The van der Waals surface area contributed by atoms with Crippen LogP contribution in [0.4, 0.5) is 0 Å². The fourth-order valence-electron chi connectivity index (χ4n) is 2.72. The highest BCUT2D eigenvalue weighted by atomic mass is 32.2. The zero-order chi connectivity index (χ0) is 17.3. The van der Waals surface area contributed by atoms with E-state index in [1.165, 1.54) is 6.26 Å². The summed E-state index contributed by atoms with van der Waals surface area (Å²) in [6, 6.07) is 13.9. The molecule has 0 fully saturated rings. The molecule has 2 aromatic carbocycles. The number of benzene rings is 2. The number of sulfone groups is 1. The van der Waals surface area contributed by atoms with Crippen LogP contribution in [0, 0.1) is 0 Å². The van der Waals surface area contributed by atoms with E-state index in [0.29, 0.717) is 6.42 Å². The van der Waals surface area contributed by atoms with Gasteiger partial charge in [-0.1, -0.05) is 30.3 Å². The smallest absolute Gasteiger partial charge is 0.261 e. The van der Waals surface area contributed by atoms with Crippen LogP contribution in [0.5, 0.6) is 5.75 Å². The van der Waals surface area contributed by atoms with Crippen molar-refractivity contribution in [2.45, 2.75) is 30.4 Å². The summed E-state index contributed by atoms with van der Waals surface area (Å²) in [4.78, 5) is 12.7. The molecule has 1 aliphatic heterocycles. The Morgan fingerprint density at radius 1 is 1.17 bits per heavy atom. The first-order valence-electron chi connectivity index (χ1n) is 7.69. The van der Waals surface area contributed by atoms with Gasteiger partial charge >= 0.3 is 0 Å². The lowest BCUT2D eigenvalue weighted by Gasteiger charge is -2.17. The molecular weight excluding hydrogens is 326 g/mol. The first kappa shape index (κ1) is 16.5. The molecule has 1 N–H and O–H groups in total. The lowest BCUT2D eigenvalue weighted by molar-refractivity contribution is -0.127. The molecule has 24 heavy (non-hydrogen) atoms. The van der Waals surface area contributed by atoms with Crippen LogP contribution >= 0.6 is 0 Å². The third-order valence-corrected chi connectivity index (χ3v) is 5.24. The lowest BCUT2D eigenvalue weighted by Crippen LogP contribution is -2.38. The number of rotatable bonds is 4. The minimum Gasteiger partial charge on any atom is -0.480 e. The van der Waals surface area contributed by atoms with Crippen molar-refractivity contribution >= 4 is 15.7 Å². The Labute approximate surface area is 141 Å². The molecule has 2 aromatic rings. The Balaban J connectivity index is 1.65. The Bertz CT molecular complexity index is 834. The van der Waals surface area contributed by atoms with Gasteiger partial charge in [0.1, 0.15) is 5.75 Å². The second kappa shape index (κ2) is 6.28. The number of nitrogens with one attached hydrogen (secondary N) is 1. The van der Waals surface area contributed by atoms with Crippen molar-refractivity contribution in [3.63, 3.8) is 0 Å². The monoisotopic (exact) mass is 345 g/mol. The van der Waals surface area contributed by atoms with E-state index < -0.39 is 15.9 Å². The highest BCUT2D eigenvalue weighted by Gasteiger charge is 2.29. The van der Waals surface area contributed by atoms with Gasteiger partial charge in [-0.15, -0.1) is 0 Å². The highest BCUT2D eigenvalue weighted by molar-refractivity contribution is 7.90. The Morgan fingerprint density at radius 3 is 2.46 bits per heavy atom. The summed E-state index contributed by atoms with van der Waals surface area (Å²) in [7, 11) is -3.22. The van der Waals surface area contributed by atoms with E-state index in [1.807, 2.05) is 31.2 Å². The standard InChI is InChI=1S/C18H19NO4S/c1-12(13-7-9-15(10-8-13)24(2,21)22)19-18(20)17-11-14-5-3-4-6-16(14)23-17/h3-10,12,17H,11H2,1-2H3,(H,19,20)/t12-,17-/m1/s1. The first-order valence-corrected chi connectivity index (χ1v) is 9.58. The Morgan fingerprint density at radius 2 is 1.83 bits per heavy atom. The summed E-state index contributed by atoms with van der Waals surface area (Å²) in [5.41, 5.74) is 1.87. The average Bonchev–Trinajstić information content (AvgIpc) is 2.98. The maximum absolute atomic E-state index is 12.4. The molecule has 6 heteroatoms. The fraction of sp³-hybridized carbons (Fsp3) is 0.278. The minimum atomic E-state index is -3.22. The summed E-state index contributed by atoms with van der Waals surface area (Å²) >= 11 is 0. The summed E-state index contributed by atoms with van der Waals surface area (Å²) in [5.74, 6) is 0.577. The second-order valence-electron chi connectivity index (χ2n) is 5.99. The minimum absolute atomic E-state index is 0.175. The summed E-state index contributed by atoms with van der Waals surface area (Å²) < 4.78 is 28.7. The molecule has 126 valence electrons. The van der Waals surface area contributed by atoms with Crippen LogP contribution in [0.25, 0.3) is 0 Å². The number of ether oxygens (including phenoxy) is 1. The first-order chi connectivity index (χ1) is 11.3. The number of amides is 1. The van der Waals surface area contributed by atoms with Crippen molar-refractivity contribution in [3.05, 3.63) is 59.7 Å². The van der Waals surface area contributed by atoms with Gasteiger partial charge in [0.05, 0.1) is 10.9 Å². The number of hydrogen-bond acceptors (Lipinski definition) is 4. The van der Waals surface area contributed by atoms with Gasteiger partial charge in [-0.3, -0.25) is 4.79 Å². The largest absolute Gasteiger partial charge is 0.480 e. The topological polar surface area (TPSA) is 72.5 Å². The van der Waals surface area contributed by atoms with E-state index in [2.05, 4.69) is 5.32 Å². The van der Waals surface area contributed by atoms with Crippen LogP contribution in [0.1, 0.15) is 24.1 Å². The third kappa shape index (κ3) is 3.43. The average molecular weight is 345 g/mol. The van der Waals surface area contributed by atoms with Gasteiger partial charge in [-0.05, 0) is 36.2 Å². The van der Waals surface area contributed by atoms with E-state index in [4.69, 9.17) is 4.74 Å². The quantitative estimate of drug-likeness (QED) is 0.923. The molecule has 0 radical (unpaired) electrons. The number of carbonyl (C=O) groups excluding carboxylic acids is 1. The van der Waals surface area contributed by atoms with E-state index in [9.17, 15) is 13.2 Å². The fourth-order valence-corrected chi connectivity index (χ4v) is 3.35. The molecular formula is C18H19NO4S. The molecule has 1 amide bonds. The molecule has 0 aliphatic carbocycles. The van der Waals surface area contributed by atoms with E-state index >= 15 is 0 Å². The summed E-state index contributed by atoms with van der Waals surface area (Å²) in [6.45, 7) is 1.86. The molecule has 2 atom stereocenters. The Kier molecular flexibility index (Phi) is 4.32. The lowest BCUT2D eigenvalue weighted by atomic mass is 10.1. The van der Waals surface area contributed by atoms with Gasteiger partial charge in [0.25, 0.3) is 5.91 Å². The third-order valence-electron chi connectivity index (χ3n) is 4.11. The predicted molar refractivity (Wildman–Crippen MR) is 90.7 cm³/mol. The molecule has 1 heterocycles. The molecule has 3 rings (SSSR count). The van der Waals surface area contributed by atoms with E-state index in [-0.39, 0.29) is 16.8 Å². The van der Waals surface area contributed by atoms with E-state index in [1.54, 1.807) is 24.3 Å². The van der Waals surface area contributed by atoms with Gasteiger partial charge in [-0.2, -0.15) is 0 Å². The molecule has 0 spiro atoms.